The Morgan fingerprint density at radius 3 is 2.59 bits per heavy atom. The zero-order valence-electron chi connectivity index (χ0n) is 17.0. The molecule has 0 bridgehead atoms. The van der Waals surface area contributed by atoms with E-state index in [4.69, 9.17) is 0 Å². The number of para-hydroxylation sites is 1. The van der Waals surface area contributed by atoms with E-state index < -0.39 is 16.1 Å². The Morgan fingerprint density at radius 2 is 1.81 bits per heavy atom. The highest BCUT2D eigenvalue weighted by Crippen LogP contribution is 2.31. The van der Waals surface area contributed by atoms with Gasteiger partial charge in [-0.15, -0.1) is 0 Å². The number of imide groups is 1. The SMILES string of the molecule is O=C(CN1C(=O)S/C(=C\C=C\c2ccccc2[N+](=O)[O-])C1=O)N1CCc2ccccc2C1. The quantitative estimate of drug-likeness (QED) is 0.391. The molecule has 8 nitrogen and oxygen atoms in total. The number of nitrogens with zero attached hydrogens (tertiary/aromatic N) is 3. The van der Waals surface area contributed by atoms with Crippen molar-refractivity contribution in [1.82, 2.24) is 9.80 Å². The molecule has 1 saturated heterocycles. The number of carbonyl (C=O) groups is 3. The van der Waals surface area contributed by atoms with Crippen molar-refractivity contribution in [2.24, 2.45) is 0 Å². The van der Waals surface area contributed by atoms with Crippen molar-refractivity contribution in [3.05, 3.63) is 92.4 Å². The summed E-state index contributed by atoms with van der Waals surface area (Å²) in [4.78, 5) is 51.1. The first-order chi connectivity index (χ1) is 15.4. The van der Waals surface area contributed by atoms with Crippen LogP contribution in [0.2, 0.25) is 0 Å². The van der Waals surface area contributed by atoms with E-state index in [2.05, 4.69) is 0 Å². The van der Waals surface area contributed by atoms with Gasteiger partial charge in [0.15, 0.2) is 0 Å². The molecular weight excluding hydrogens is 430 g/mol. The Labute approximate surface area is 188 Å². The standard InChI is InChI=1S/C23H19N3O5S/c27-21(24-13-12-16-6-1-2-8-18(16)14-24)15-25-22(28)20(32-23(25)29)11-5-9-17-7-3-4-10-19(17)26(30)31/h1-11H,12-15H2/b9-5+,20-11-. The maximum atomic E-state index is 12.7. The van der Waals surface area contributed by atoms with Gasteiger partial charge in [0.2, 0.25) is 5.91 Å². The summed E-state index contributed by atoms with van der Waals surface area (Å²) < 4.78 is 0. The molecule has 0 unspecified atom stereocenters. The topological polar surface area (TPSA) is 101 Å². The lowest BCUT2D eigenvalue weighted by molar-refractivity contribution is -0.385. The number of amides is 3. The number of hydrogen-bond acceptors (Lipinski definition) is 6. The Kier molecular flexibility index (Phi) is 6.18. The van der Waals surface area contributed by atoms with Crippen LogP contribution in [0.1, 0.15) is 16.7 Å². The molecule has 4 rings (SSSR count). The van der Waals surface area contributed by atoms with Crippen LogP contribution in [0.4, 0.5) is 10.5 Å². The molecule has 0 radical (unpaired) electrons. The van der Waals surface area contributed by atoms with Crippen LogP contribution in [-0.4, -0.2) is 44.9 Å². The number of thioether (sulfide) groups is 1. The predicted molar refractivity (Wildman–Crippen MR) is 120 cm³/mol. The molecule has 2 aliphatic heterocycles. The van der Waals surface area contributed by atoms with E-state index in [0.717, 1.165) is 28.6 Å². The predicted octanol–water partition coefficient (Wildman–Crippen LogP) is 3.77. The van der Waals surface area contributed by atoms with Gasteiger partial charge in [0.25, 0.3) is 16.8 Å². The highest BCUT2D eigenvalue weighted by Gasteiger charge is 2.37. The lowest BCUT2D eigenvalue weighted by Crippen LogP contribution is -2.44. The van der Waals surface area contributed by atoms with Gasteiger partial charge in [-0.3, -0.25) is 29.4 Å². The molecule has 0 aromatic heterocycles. The third-order valence-electron chi connectivity index (χ3n) is 5.31. The number of fused-ring (bicyclic) bond motifs is 1. The minimum atomic E-state index is -0.544. The molecule has 3 amide bonds. The van der Waals surface area contributed by atoms with Crippen molar-refractivity contribution in [3.63, 3.8) is 0 Å². The van der Waals surface area contributed by atoms with Crippen molar-refractivity contribution in [2.45, 2.75) is 13.0 Å². The first kappa shape index (κ1) is 21.5. The summed E-state index contributed by atoms with van der Waals surface area (Å²) in [5.41, 5.74) is 2.60. The third kappa shape index (κ3) is 4.47. The molecular formula is C23H19N3O5S. The van der Waals surface area contributed by atoms with Gasteiger partial charge in [-0.1, -0.05) is 42.5 Å². The van der Waals surface area contributed by atoms with Crippen LogP contribution in [-0.2, 0) is 22.6 Å². The number of carbonyl (C=O) groups excluding carboxylic acids is 3. The summed E-state index contributed by atoms with van der Waals surface area (Å²) in [5.74, 6) is -0.823. The molecule has 0 spiro atoms. The van der Waals surface area contributed by atoms with Crippen molar-refractivity contribution in [1.29, 1.82) is 0 Å². The van der Waals surface area contributed by atoms with E-state index in [1.54, 1.807) is 23.1 Å². The van der Waals surface area contributed by atoms with Gasteiger partial charge in [0.1, 0.15) is 6.54 Å². The average Bonchev–Trinajstić information content (AvgIpc) is 3.06. The van der Waals surface area contributed by atoms with Crippen LogP contribution in [0.25, 0.3) is 6.08 Å². The molecule has 0 aliphatic carbocycles. The number of allylic oxidation sites excluding steroid dienone is 2. The van der Waals surface area contributed by atoms with Gasteiger partial charge >= 0.3 is 0 Å². The highest BCUT2D eigenvalue weighted by molar-refractivity contribution is 8.18. The van der Waals surface area contributed by atoms with E-state index in [1.807, 2.05) is 24.3 Å². The fourth-order valence-electron chi connectivity index (χ4n) is 3.63. The van der Waals surface area contributed by atoms with Gasteiger partial charge < -0.3 is 4.90 Å². The summed E-state index contributed by atoms with van der Waals surface area (Å²) >= 11 is 0.747. The molecule has 9 heteroatoms. The van der Waals surface area contributed by atoms with E-state index in [-0.39, 0.29) is 23.0 Å². The first-order valence-corrected chi connectivity index (χ1v) is 10.8. The number of benzene rings is 2. The van der Waals surface area contributed by atoms with E-state index in [1.165, 1.54) is 29.9 Å². The Balaban J connectivity index is 1.42. The van der Waals surface area contributed by atoms with Crippen molar-refractivity contribution >= 4 is 40.6 Å². The smallest absolute Gasteiger partial charge is 0.294 e. The molecule has 0 saturated carbocycles. The minimum Gasteiger partial charge on any atom is -0.336 e. The number of nitro groups is 1. The van der Waals surface area contributed by atoms with Crippen LogP contribution in [0.15, 0.2) is 65.6 Å². The van der Waals surface area contributed by atoms with E-state index >= 15 is 0 Å². The van der Waals surface area contributed by atoms with Crippen LogP contribution >= 0.6 is 11.8 Å². The summed E-state index contributed by atoms with van der Waals surface area (Å²) in [6.45, 7) is 0.693. The monoisotopic (exact) mass is 449 g/mol. The summed E-state index contributed by atoms with van der Waals surface area (Å²) in [5, 5.41) is 10.6. The second-order valence-electron chi connectivity index (χ2n) is 7.30. The van der Waals surface area contributed by atoms with Gasteiger partial charge in [-0.05, 0) is 47.5 Å². The minimum absolute atomic E-state index is 0.0565. The maximum absolute atomic E-state index is 12.7. The lowest BCUT2D eigenvalue weighted by Gasteiger charge is -2.29. The Bertz CT molecular complexity index is 1170. The van der Waals surface area contributed by atoms with Crippen LogP contribution in [0.3, 0.4) is 0 Å². The average molecular weight is 449 g/mol. The highest BCUT2D eigenvalue weighted by atomic mass is 32.2. The molecule has 162 valence electrons. The van der Waals surface area contributed by atoms with Crippen LogP contribution < -0.4 is 0 Å². The number of hydrogen-bond donors (Lipinski definition) is 0. The number of nitro benzene ring substituents is 1. The summed E-state index contributed by atoms with van der Waals surface area (Å²) in [7, 11) is 0. The van der Waals surface area contributed by atoms with Crippen molar-refractivity contribution in [2.75, 3.05) is 13.1 Å². The van der Waals surface area contributed by atoms with Gasteiger partial charge in [0.05, 0.1) is 15.4 Å². The zero-order valence-corrected chi connectivity index (χ0v) is 17.8. The zero-order chi connectivity index (χ0) is 22.7. The molecule has 2 heterocycles. The second kappa shape index (κ2) is 9.19. The van der Waals surface area contributed by atoms with E-state index in [0.29, 0.717) is 18.7 Å². The molecule has 0 atom stereocenters. The molecule has 0 N–H and O–H groups in total. The lowest BCUT2D eigenvalue weighted by atomic mass is 10.00. The second-order valence-corrected chi connectivity index (χ2v) is 8.29. The van der Waals surface area contributed by atoms with Crippen molar-refractivity contribution < 1.29 is 19.3 Å². The molecule has 2 aliphatic rings. The fraction of sp³-hybridized carbons (Fsp3) is 0.174. The molecule has 32 heavy (non-hydrogen) atoms. The maximum Gasteiger partial charge on any atom is 0.294 e. The Hall–Kier alpha value is -3.72. The van der Waals surface area contributed by atoms with Gasteiger partial charge in [-0.25, -0.2) is 0 Å². The Morgan fingerprint density at radius 1 is 1.09 bits per heavy atom. The van der Waals surface area contributed by atoms with Crippen molar-refractivity contribution in [3.8, 4) is 0 Å². The molecule has 2 aromatic carbocycles. The number of rotatable bonds is 5. The fourth-order valence-corrected chi connectivity index (χ4v) is 4.42. The largest absolute Gasteiger partial charge is 0.336 e. The van der Waals surface area contributed by atoms with Crippen LogP contribution in [0, 0.1) is 10.1 Å². The normalized spacial score (nSPS) is 17.3. The van der Waals surface area contributed by atoms with Crippen LogP contribution in [0.5, 0.6) is 0 Å². The molecule has 1 fully saturated rings. The summed E-state index contributed by atoms with van der Waals surface area (Å²) in [6, 6.07) is 14.1. The van der Waals surface area contributed by atoms with Gasteiger partial charge in [-0.2, -0.15) is 0 Å². The van der Waals surface area contributed by atoms with E-state index in [9.17, 15) is 24.5 Å². The first-order valence-electron chi connectivity index (χ1n) is 9.94. The van der Waals surface area contributed by atoms with Gasteiger partial charge in [0, 0.05) is 19.2 Å². The third-order valence-corrected chi connectivity index (χ3v) is 6.23. The molecule has 2 aromatic rings. The summed E-state index contributed by atoms with van der Waals surface area (Å²) in [6.07, 6.45) is 5.16.